The van der Waals surface area contributed by atoms with Gasteiger partial charge in [-0.05, 0) is 0 Å². The maximum absolute atomic E-state index is 2.44. The van der Waals surface area contributed by atoms with Crippen molar-refractivity contribution in [1.82, 2.24) is 9.13 Å². The quantitative estimate of drug-likeness (QED) is 0.285. The van der Waals surface area contributed by atoms with Crippen molar-refractivity contribution in [2.45, 2.75) is 8.45 Å². The molecule has 5 heteroatoms. The van der Waals surface area contributed by atoms with Crippen molar-refractivity contribution in [3.05, 3.63) is 144 Å². The number of para-hydroxylation sites is 2. The Hall–Kier alpha value is -3.27. The average molecular weight is 579 g/mol. The zero-order chi connectivity index (χ0) is 24.3. The maximum Gasteiger partial charge on any atom is -1.00 e. The molecular weight excluding hydrogens is 555 g/mol. The Morgan fingerprint density at radius 2 is 0.872 bits per heavy atom. The fourth-order valence-electron chi connectivity index (χ4n) is 6.16. The summed E-state index contributed by atoms with van der Waals surface area (Å²) in [6.45, 7) is 0. The second-order valence-corrected chi connectivity index (χ2v) is 12.2. The van der Waals surface area contributed by atoms with Crippen molar-refractivity contribution in [2.75, 3.05) is 0 Å². The smallest absolute Gasteiger partial charge is 1.00 e. The van der Waals surface area contributed by atoms with E-state index < -0.39 is 19.2 Å². The van der Waals surface area contributed by atoms with Crippen LogP contribution in [0, 0.1) is 0 Å². The Kier molecular flexibility index (Phi) is 6.91. The van der Waals surface area contributed by atoms with Gasteiger partial charge in [-0.2, -0.15) is 0 Å². The molecule has 2 aromatic heterocycles. The van der Waals surface area contributed by atoms with E-state index in [0.29, 0.717) is 8.45 Å². The van der Waals surface area contributed by atoms with Crippen LogP contribution in [0.15, 0.2) is 122 Å². The number of rotatable bonds is 4. The second-order valence-electron chi connectivity index (χ2n) is 9.92. The van der Waals surface area contributed by atoms with E-state index in [-0.39, 0.29) is 24.8 Å². The molecule has 2 aliphatic rings. The second kappa shape index (κ2) is 10.4. The van der Waals surface area contributed by atoms with Crippen molar-refractivity contribution in [1.29, 1.82) is 0 Å². The zero-order valence-corrected chi connectivity index (χ0v) is 24.1. The van der Waals surface area contributed by atoms with Crippen LogP contribution in [0.3, 0.4) is 0 Å². The minimum atomic E-state index is -0.531. The molecule has 2 aliphatic carbocycles. The molecule has 2 nitrogen and oxygen atoms in total. The van der Waals surface area contributed by atoms with Crippen LogP contribution in [0.25, 0.3) is 45.4 Å². The molecule has 0 saturated heterocycles. The number of hydrogen-bond donors (Lipinski definition) is 0. The topological polar surface area (TPSA) is 9.86 Å². The van der Waals surface area contributed by atoms with Crippen LogP contribution in [0.4, 0.5) is 0 Å². The molecule has 8 rings (SSSR count). The number of benzene rings is 4. The summed E-state index contributed by atoms with van der Waals surface area (Å²) in [6, 6.07) is 40.0. The van der Waals surface area contributed by atoms with E-state index in [1.54, 1.807) is 0 Å². The fraction of sp³-hybridized carbons (Fsp3) is 0.0588. The van der Waals surface area contributed by atoms with E-state index in [1.165, 1.54) is 55.5 Å². The number of allylic oxidation sites excluding steroid dienone is 2. The van der Waals surface area contributed by atoms with Gasteiger partial charge in [-0.1, -0.05) is 0 Å². The summed E-state index contributed by atoms with van der Waals surface area (Å²) in [5.41, 5.74) is 11.1. The van der Waals surface area contributed by atoms with Crippen molar-refractivity contribution in [3.8, 4) is 0 Å². The first-order valence-corrected chi connectivity index (χ1v) is 14.7. The molecule has 0 N–H and O–H groups in total. The van der Waals surface area contributed by atoms with Gasteiger partial charge < -0.3 is 24.8 Å². The van der Waals surface area contributed by atoms with Crippen molar-refractivity contribution >= 4 is 45.4 Å². The molecule has 2 unspecified atom stereocenters. The van der Waals surface area contributed by atoms with Gasteiger partial charge in [0.25, 0.3) is 0 Å². The van der Waals surface area contributed by atoms with Crippen LogP contribution in [-0.4, -0.2) is 9.13 Å². The predicted octanol–water partition coefficient (Wildman–Crippen LogP) is 2.49. The number of hydrogen-bond acceptors (Lipinski definition) is 0. The van der Waals surface area contributed by atoms with E-state index in [4.69, 9.17) is 0 Å². The molecule has 0 bridgehead atoms. The SMILES string of the molecule is C1=C(n2ccc3ccccc32)[CH]([Ti+2][CH]2C(n3ccc4ccccc43)=Cc3ccccc32)c2ccccc21.[Cl-].[Cl-]. The molecule has 2 heterocycles. The summed E-state index contributed by atoms with van der Waals surface area (Å²) in [4.78, 5) is 0. The van der Waals surface area contributed by atoms with Gasteiger partial charge in [0.05, 0.1) is 0 Å². The van der Waals surface area contributed by atoms with Crippen molar-refractivity contribution in [2.24, 2.45) is 0 Å². The summed E-state index contributed by atoms with van der Waals surface area (Å²) in [7, 11) is 0. The standard InChI is InChI=1S/2C17H12N.2ClH.Ti/c2*1-2-7-15-12-16(11-14(15)6-1)18-10-9-13-5-3-4-8-17(13)18;;;/h2*1-12H;2*1H;/q;;;;+2/p-2. The number of nitrogens with zero attached hydrogens (tertiary/aromatic N) is 2. The average Bonchev–Trinajstić information content (AvgIpc) is 3.72. The zero-order valence-electron chi connectivity index (χ0n) is 21.0. The van der Waals surface area contributed by atoms with Crippen LogP contribution in [0.2, 0.25) is 0 Å². The van der Waals surface area contributed by atoms with Gasteiger partial charge in [-0.15, -0.1) is 0 Å². The van der Waals surface area contributed by atoms with E-state index in [1.807, 2.05) is 0 Å². The maximum atomic E-state index is 2.44. The molecule has 0 spiro atoms. The molecule has 0 fully saturated rings. The summed E-state index contributed by atoms with van der Waals surface area (Å²) in [6.07, 6.45) is 9.40. The van der Waals surface area contributed by atoms with Crippen LogP contribution < -0.4 is 24.8 Å². The first kappa shape index (κ1) is 26.0. The summed E-state index contributed by atoms with van der Waals surface area (Å²) >= 11 is -0.531. The molecule has 4 aromatic carbocycles. The van der Waals surface area contributed by atoms with Crippen LogP contribution >= 0.6 is 0 Å². The van der Waals surface area contributed by atoms with Gasteiger partial charge >= 0.3 is 226 Å². The van der Waals surface area contributed by atoms with E-state index >= 15 is 0 Å². The van der Waals surface area contributed by atoms with E-state index in [2.05, 4.69) is 143 Å². The van der Waals surface area contributed by atoms with Crippen LogP contribution in [0.5, 0.6) is 0 Å². The van der Waals surface area contributed by atoms with Gasteiger partial charge in [0.2, 0.25) is 0 Å². The van der Waals surface area contributed by atoms with Crippen LogP contribution in [-0.2, 0) is 19.2 Å². The Balaban J connectivity index is 0.00000138. The minimum Gasteiger partial charge on any atom is -1.00 e. The van der Waals surface area contributed by atoms with Gasteiger partial charge in [0.1, 0.15) is 0 Å². The molecule has 0 radical (unpaired) electrons. The summed E-state index contributed by atoms with van der Waals surface area (Å²) in [5, 5.41) is 2.59. The molecule has 6 aromatic rings. The predicted molar refractivity (Wildman–Crippen MR) is 151 cm³/mol. The molecule has 0 aliphatic heterocycles. The third kappa shape index (κ3) is 4.15. The Morgan fingerprint density at radius 1 is 0.462 bits per heavy atom. The molecule has 39 heavy (non-hydrogen) atoms. The summed E-state index contributed by atoms with van der Waals surface area (Å²) < 4.78 is 5.74. The Morgan fingerprint density at radius 3 is 1.36 bits per heavy atom. The minimum absolute atomic E-state index is 0. The number of halogens is 2. The molecular formula is C34H24Cl2N2Ti. The van der Waals surface area contributed by atoms with E-state index in [0.717, 1.165) is 0 Å². The van der Waals surface area contributed by atoms with E-state index in [9.17, 15) is 0 Å². The van der Waals surface area contributed by atoms with Crippen LogP contribution in [0.1, 0.15) is 30.7 Å². The largest absolute Gasteiger partial charge is 1.00 e. The molecule has 0 amide bonds. The van der Waals surface area contributed by atoms with Gasteiger partial charge in [-0.25, -0.2) is 0 Å². The fourth-order valence-corrected chi connectivity index (χ4v) is 9.30. The molecule has 2 atom stereocenters. The Labute approximate surface area is 249 Å². The number of fused-ring (bicyclic) bond motifs is 4. The van der Waals surface area contributed by atoms with Crippen molar-refractivity contribution < 1.29 is 44.0 Å². The van der Waals surface area contributed by atoms with Gasteiger partial charge in [-0.3, -0.25) is 0 Å². The normalized spacial score (nSPS) is 17.0. The van der Waals surface area contributed by atoms with Gasteiger partial charge in [0, 0.05) is 0 Å². The number of aromatic nitrogens is 2. The Bertz CT molecular complexity index is 1760. The first-order chi connectivity index (χ1) is 18.3. The first-order valence-electron chi connectivity index (χ1n) is 12.9. The van der Waals surface area contributed by atoms with Crippen molar-refractivity contribution in [3.63, 3.8) is 0 Å². The third-order valence-electron chi connectivity index (χ3n) is 7.90. The van der Waals surface area contributed by atoms with Gasteiger partial charge in [0.15, 0.2) is 0 Å². The molecule has 0 saturated carbocycles. The monoisotopic (exact) mass is 578 g/mol. The molecule has 188 valence electrons. The summed E-state index contributed by atoms with van der Waals surface area (Å²) in [5.74, 6) is 0. The third-order valence-corrected chi connectivity index (χ3v) is 10.8.